The van der Waals surface area contributed by atoms with Crippen LogP contribution in [0.5, 0.6) is 5.75 Å². The number of pyridine rings is 1. The van der Waals surface area contributed by atoms with Crippen molar-refractivity contribution in [2.24, 2.45) is 0 Å². The molecule has 1 rings (SSSR count). The average molecular weight is 296 g/mol. The molecule has 21 heavy (non-hydrogen) atoms. The summed E-state index contributed by atoms with van der Waals surface area (Å²) in [5.41, 5.74) is -0.271. The lowest BCUT2D eigenvalue weighted by molar-refractivity contribution is 0.0525. The molecule has 8 heteroatoms. The van der Waals surface area contributed by atoms with Gasteiger partial charge in [-0.2, -0.15) is 0 Å². The molecule has 0 bridgehead atoms. The van der Waals surface area contributed by atoms with E-state index in [0.717, 1.165) is 0 Å². The molecule has 0 radical (unpaired) electrons. The molecule has 0 aliphatic carbocycles. The van der Waals surface area contributed by atoms with Crippen molar-refractivity contribution in [2.75, 3.05) is 13.2 Å². The van der Waals surface area contributed by atoms with E-state index in [1.807, 2.05) is 0 Å². The van der Waals surface area contributed by atoms with E-state index >= 15 is 0 Å². The molecule has 7 nitrogen and oxygen atoms in total. The third kappa shape index (κ3) is 6.96. The number of aromatic nitrogens is 1. The Bertz CT molecular complexity index is 462. The number of ether oxygens (including phenoxy) is 2. The third-order valence-electron chi connectivity index (χ3n) is 2.34. The number of alkyl carbamates (subject to hydrolysis) is 1. The predicted octanol–water partition coefficient (Wildman–Crippen LogP) is 0.0550. The Morgan fingerprint density at radius 3 is 2.76 bits per heavy atom. The summed E-state index contributed by atoms with van der Waals surface area (Å²) in [5, 5.41) is 20.9. The maximum atomic E-state index is 11.4. The molecular weight excluding hydrogens is 275 g/mol. The standard InChI is InChI=1S/C13H21BN2O5/c1-13(2,3)21-12(17)16-6-4-8-20-11-9-15-7-5-10(11)14(18)19/h5,7,9,18-19H,4,6,8H2,1-3H3,(H,16,17). The fourth-order valence-electron chi connectivity index (χ4n) is 1.48. The Kier molecular flexibility index (Phi) is 6.45. The van der Waals surface area contributed by atoms with Crippen LogP contribution < -0.4 is 15.5 Å². The monoisotopic (exact) mass is 296 g/mol. The van der Waals surface area contributed by atoms with E-state index in [1.165, 1.54) is 18.5 Å². The lowest BCUT2D eigenvalue weighted by atomic mass is 9.80. The van der Waals surface area contributed by atoms with Crippen molar-refractivity contribution < 1.29 is 24.3 Å². The maximum Gasteiger partial charge on any atom is 0.492 e. The van der Waals surface area contributed by atoms with Gasteiger partial charge in [-0.1, -0.05) is 0 Å². The Hall–Kier alpha value is -1.80. The van der Waals surface area contributed by atoms with Crippen LogP contribution in [0, 0.1) is 0 Å². The highest BCUT2D eigenvalue weighted by molar-refractivity contribution is 6.59. The molecule has 116 valence electrons. The Morgan fingerprint density at radius 1 is 1.43 bits per heavy atom. The normalized spacial score (nSPS) is 10.9. The largest absolute Gasteiger partial charge is 0.492 e. The van der Waals surface area contributed by atoms with Crippen LogP contribution in [0.3, 0.4) is 0 Å². The van der Waals surface area contributed by atoms with Crippen molar-refractivity contribution in [1.29, 1.82) is 0 Å². The highest BCUT2D eigenvalue weighted by Crippen LogP contribution is 2.07. The molecule has 0 unspecified atom stereocenters. The minimum Gasteiger partial charge on any atom is -0.492 e. The zero-order valence-corrected chi connectivity index (χ0v) is 12.5. The van der Waals surface area contributed by atoms with Crippen LogP contribution in [0.25, 0.3) is 0 Å². The first kappa shape index (κ1) is 17.3. The summed E-state index contributed by atoms with van der Waals surface area (Å²) in [6.45, 7) is 6.08. The molecule has 1 heterocycles. The molecule has 0 aliphatic heterocycles. The molecule has 0 spiro atoms. The molecule has 1 aromatic rings. The van der Waals surface area contributed by atoms with E-state index in [2.05, 4.69) is 10.3 Å². The smallest absolute Gasteiger partial charge is 0.492 e. The van der Waals surface area contributed by atoms with Crippen LogP contribution in [0.15, 0.2) is 18.5 Å². The minimum absolute atomic E-state index is 0.255. The van der Waals surface area contributed by atoms with Gasteiger partial charge >= 0.3 is 13.2 Å². The molecule has 0 fully saturated rings. The predicted molar refractivity (Wildman–Crippen MR) is 78.4 cm³/mol. The summed E-state index contributed by atoms with van der Waals surface area (Å²) in [7, 11) is -1.61. The molecule has 0 saturated heterocycles. The van der Waals surface area contributed by atoms with E-state index in [0.29, 0.717) is 25.3 Å². The van der Waals surface area contributed by atoms with Gasteiger partial charge in [0.15, 0.2) is 0 Å². The zero-order chi connectivity index (χ0) is 15.9. The topological polar surface area (TPSA) is 101 Å². The Morgan fingerprint density at radius 2 is 2.14 bits per heavy atom. The van der Waals surface area contributed by atoms with Gasteiger partial charge in [-0.15, -0.1) is 0 Å². The first-order valence-corrected chi connectivity index (χ1v) is 6.69. The van der Waals surface area contributed by atoms with Crippen molar-refractivity contribution in [2.45, 2.75) is 32.8 Å². The van der Waals surface area contributed by atoms with E-state index in [1.54, 1.807) is 20.8 Å². The summed E-state index contributed by atoms with van der Waals surface area (Å²) >= 11 is 0. The number of amides is 1. The number of hydrogen-bond acceptors (Lipinski definition) is 6. The third-order valence-corrected chi connectivity index (χ3v) is 2.34. The second kappa shape index (κ2) is 7.85. The molecule has 0 atom stereocenters. The molecule has 0 aromatic carbocycles. The molecular formula is C13H21BN2O5. The van der Waals surface area contributed by atoms with Gasteiger partial charge in [0.05, 0.1) is 12.8 Å². The average Bonchev–Trinajstić information content (AvgIpc) is 2.36. The van der Waals surface area contributed by atoms with E-state index in [-0.39, 0.29) is 5.46 Å². The van der Waals surface area contributed by atoms with E-state index < -0.39 is 18.8 Å². The molecule has 1 amide bonds. The lowest BCUT2D eigenvalue weighted by Crippen LogP contribution is -2.34. The zero-order valence-electron chi connectivity index (χ0n) is 12.5. The Balaban J connectivity index is 2.28. The first-order valence-electron chi connectivity index (χ1n) is 6.69. The number of carbonyl (C=O) groups is 1. The fraction of sp³-hybridized carbons (Fsp3) is 0.538. The van der Waals surface area contributed by atoms with Gasteiger partial charge in [0, 0.05) is 18.2 Å². The highest BCUT2D eigenvalue weighted by atomic mass is 16.6. The van der Waals surface area contributed by atoms with Crippen molar-refractivity contribution in [3.8, 4) is 5.75 Å². The highest BCUT2D eigenvalue weighted by Gasteiger charge is 2.17. The summed E-state index contributed by atoms with van der Waals surface area (Å²) in [4.78, 5) is 15.2. The summed E-state index contributed by atoms with van der Waals surface area (Å²) < 4.78 is 10.5. The van der Waals surface area contributed by atoms with Crippen LogP contribution >= 0.6 is 0 Å². The van der Waals surface area contributed by atoms with Crippen molar-refractivity contribution in [3.05, 3.63) is 18.5 Å². The van der Waals surface area contributed by atoms with Gasteiger partial charge in [0.25, 0.3) is 0 Å². The fourth-order valence-corrected chi connectivity index (χ4v) is 1.48. The van der Waals surface area contributed by atoms with Gasteiger partial charge < -0.3 is 24.8 Å². The quantitative estimate of drug-likeness (QED) is 0.507. The van der Waals surface area contributed by atoms with Gasteiger partial charge in [0.1, 0.15) is 11.4 Å². The first-order chi connectivity index (χ1) is 9.79. The lowest BCUT2D eigenvalue weighted by Gasteiger charge is -2.19. The van der Waals surface area contributed by atoms with Gasteiger partial charge in [0.2, 0.25) is 0 Å². The Labute approximate surface area is 124 Å². The summed E-state index contributed by atoms with van der Waals surface area (Å²) in [5.74, 6) is 0.310. The number of rotatable bonds is 6. The van der Waals surface area contributed by atoms with Crippen LogP contribution in [0.2, 0.25) is 0 Å². The van der Waals surface area contributed by atoms with Crippen LogP contribution in [-0.4, -0.2) is 47.0 Å². The molecule has 0 saturated carbocycles. The van der Waals surface area contributed by atoms with Crippen molar-refractivity contribution in [3.63, 3.8) is 0 Å². The minimum atomic E-state index is -1.61. The molecule has 3 N–H and O–H groups in total. The summed E-state index contributed by atoms with van der Waals surface area (Å²) in [6, 6.07) is 1.47. The van der Waals surface area contributed by atoms with Gasteiger partial charge in [-0.05, 0) is 33.3 Å². The van der Waals surface area contributed by atoms with Crippen molar-refractivity contribution >= 4 is 18.7 Å². The number of carbonyl (C=O) groups excluding carboxylic acids is 1. The maximum absolute atomic E-state index is 11.4. The second-order valence-electron chi connectivity index (χ2n) is 5.42. The van der Waals surface area contributed by atoms with Gasteiger partial charge in [-0.3, -0.25) is 4.98 Å². The number of hydrogen-bond donors (Lipinski definition) is 3. The number of nitrogens with zero attached hydrogens (tertiary/aromatic N) is 1. The van der Waals surface area contributed by atoms with E-state index in [4.69, 9.17) is 19.5 Å². The van der Waals surface area contributed by atoms with Gasteiger partial charge in [-0.25, -0.2) is 4.79 Å². The van der Waals surface area contributed by atoms with Crippen LogP contribution in [0.4, 0.5) is 4.79 Å². The number of nitrogens with one attached hydrogen (secondary N) is 1. The second-order valence-corrected chi connectivity index (χ2v) is 5.42. The van der Waals surface area contributed by atoms with E-state index in [9.17, 15) is 4.79 Å². The summed E-state index contributed by atoms with van der Waals surface area (Å²) in [6.07, 6.45) is 2.94. The van der Waals surface area contributed by atoms with Crippen LogP contribution in [0.1, 0.15) is 27.2 Å². The van der Waals surface area contributed by atoms with Crippen LogP contribution in [-0.2, 0) is 4.74 Å². The molecule has 0 aliphatic rings. The molecule has 1 aromatic heterocycles. The SMILES string of the molecule is CC(C)(C)OC(=O)NCCCOc1cnccc1B(O)O. The van der Waals surface area contributed by atoms with Crippen molar-refractivity contribution in [1.82, 2.24) is 10.3 Å².